The van der Waals surface area contributed by atoms with Gasteiger partial charge in [0, 0.05) is 5.02 Å². The summed E-state index contributed by atoms with van der Waals surface area (Å²) in [4.78, 5) is 11.5. The monoisotopic (exact) mass is 254 g/mol. The van der Waals surface area contributed by atoms with E-state index in [4.69, 9.17) is 16.3 Å². The molecule has 0 heterocycles. The Labute approximate surface area is 108 Å². The van der Waals surface area contributed by atoms with Crippen molar-refractivity contribution in [1.29, 1.82) is 0 Å². The lowest BCUT2D eigenvalue weighted by Gasteiger charge is -2.12. The summed E-state index contributed by atoms with van der Waals surface area (Å²) in [5.41, 5.74) is 1.00. The average molecular weight is 255 g/mol. The summed E-state index contributed by atoms with van der Waals surface area (Å²) < 4.78 is 5.13. The molecular weight excluding hydrogens is 236 g/mol. The fourth-order valence-electron chi connectivity index (χ4n) is 1.62. The molecule has 0 aliphatic heterocycles. The van der Waals surface area contributed by atoms with Crippen LogP contribution in [-0.4, -0.2) is 12.6 Å². The molecule has 1 rings (SSSR count). The molecular formula is C14H19ClO2. The second-order valence-corrected chi connectivity index (χ2v) is 4.61. The first-order chi connectivity index (χ1) is 8.15. The molecule has 0 amide bonds. The van der Waals surface area contributed by atoms with Crippen molar-refractivity contribution in [1.82, 2.24) is 0 Å². The van der Waals surface area contributed by atoms with Gasteiger partial charge < -0.3 is 4.74 Å². The maximum atomic E-state index is 11.5. The lowest BCUT2D eigenvalue weighted by atomic mass is 9.98. The Kier molecular flexibility index (Phi) is 6.06. The van der Waals surface area contributed by atoms with Gasteiger partial charge in [0.15, 0.2) is 0 Å². The summed E-state index contributed by atoms with van der Waals surface area (Å²) in [7, 11) is 0. The highest BCUT2D eigenvalue weighted by atomic mass is 35.5. The minimum atomic E-state index is -0.147. The molecule has 0 aliphatic rings. The first kappa shape index (κ1) is 14.0. The van der Waals surface area contributed by atoms with Crippen LogP contribution in [0.1, 0.15) is 44.6 Å². The molecule has 2 nitrogen and oxygen atoms in total. The Balaban J connectivity index is 2.46. The lowest BCUT2D eigenvalue weighted by molar-refractivity contribution is -0.144. The van der Waals surface area contributed by atoms with E-state index in [2.05, 4.69) is 6.92 Å². The number of esters is 1. The molecule has 0 aliphatic carbocycles. The zero-order valence-electron chi connectivity index (χ0n) is 10.4. The number of hydrogen-bond donors (Lipinski definition) is 0. The molecule has 0 saturated carbocycles. The lowest BCUT2D eigenvalue weighted by Crippen LogP contribution is -2.09. The minimum absolute atomic E-state index is 0.0952. The van der Waals surface area contributed by atoms with Gasteiger partial charge in [-0.05, 0) is 24.0 Å². The summed E-state index contributed by atoms with van der Waals surface area (Å²) in [6.45, 7) is 4.58. The number of hydrogen-bond acceptors (Lipinski definition) is 2. The standard InChI is InChI=1S/C14H19ClO2/c1-3-4-9-17-14(16)10-11(2)12-7-5-6-8-13(12)15/h5-8,11H,3-4,9-10H2,1-2H3. The number of rotatable bonds is 6. The Morgan fingerprint density at radius 1 is 1.41 bits per heavy atom. The Bertz CT molecular complexity index is 363. The number of carbonyl (C=O) groups is 1. The van der Waals surface area contributed by atoms with E-state index in [1.54, 1.807) is 0 Å². The molecule has 1 aromatic rings. The van der Waals surface area contributed by atoms with E-state index in [0.29, 0.717) is 18.1 Å². The maximum absolute atomic E-state index is 11.5. The van der Waals surface area contributed by atoms with E-state index in [1.165, 1.54) is 0 Å². The van der Waals surface area contributed by atoms with Crippen molar-refractivity contribution in [3.05, 3.63) is 34.9 Å². The number of carbonyl (C=O) groups excluding carboxylic acids is 1. The number of ether oxygens (including phenoxy) is 1. The largest absolute Gasteiger partial charge is 0.466 e. The molecule has 0 bridgehead atoms. The van der Waals surface area contributed by atoms with E-state index in [-0.39, 0.29) is 11.9 Å². The van der Waals surface area contributed by atoms with Crippen molar-refractivity contribution in [2.45, 2.75) is 39.0 Å². The Morgan fingerprint density at radius 3 is 2.76 bits per heavy atom. The van der Waals surface area contributed by atoms with Crippen molar-refractivity contribution < 1.29 is 9.53 Å². The SMILES string of the molecule is CCCCOC(=O)CC(C)c1ccccc1Cl. The van der Waals surface area contributed by atoms with Crippen molar-refractivity contribution in [2.24, 2.45) is 0 Å². The van der Waals surface area contributed by atoms with Gasteiger partial charge in [-0.15, -0.1) is 0 Å². The average Bonchev–Trinajstić information content (AvgIpc) is 2.29. The number of unbranched alkanes of at least 4 members (excludes halogenated alkanes) is 1. The van der Waals surface area contributed by atoms with E-state index >= 15 is 0 Å². The molecule has 1 unspecified atom stereocenters. The normalized spacial score (nSPS) is 12.2. The van der Waals surface area contributed by atoms with Crippen LogP contribution in [-0.2, 0) is 9.53 Å². The van der Waals surface area contributed by atoms with Crippen LogP contribution < -0.4 is 0 Å². The van der Waals surface area contributed by atoms with Crippen molar-refractivity contribution in [2.75, 3.05) is 6.61 Å². The molecule has 3 heteroatoms. The summed E-state index contributed by atoms with van der Waals surface area (Å²) in [5, 5.41) is 0.710. The first-order valence-corrected chi connectivity index (χ1v) is 6.43. The fraction of sp³-hybridized carbons (Fsp3) is 0.500. The maximum Gasteiger partial charge on any atom is 0.306 e. The third-order valence-corrected chi connectivity index (χ3v) is 3.01. The van der Waals surface area contributed by atoms with Crippen LogP contribution in [0.5, 0.6) is 0 Å². The minimum Gasteiger partial charge on any atom is -0.466 e. The Morgan fingerprint density at radius 2 is 2.12 bits per heavy atom. The van der Waals surface area contributed by atoms with Gasteiger partial charge in [0.2, 0.25) is 0 Å². The van der Waals surface area contributed by atoms with Gasteiger partial charge in [-0.25, -0.2) is 0 Å². The smallest absolute Gasteiger partial charge is 0.306 e. The van der Waals surface area contributed by atoms with Crippen LogP contribution in [0.2, 0.25) is 5.02 Å². The third kappa shape index (κ3) is 4.78. The molecule has 1 atom stereocenters. The molecule has 0 saturated heterocycles. The van der Waals surface area contributed by atoms with Gasteiger partial charge in [-0.2, -0.15) is 0 Å². The topological polar surface area (TPSA) is 26.3 Å². The van der Waals surface area contributed by atoms with Crippen LogP contribution in [0.3, 0.4) is 0 Å². The zero-order chi connectivity index (χ0) is 12.7. The van der Waals surface area contributed by atoms with Gasteiger partial charge in [0.1, 0.15) is 0 Å². The molecule has 0 spiro atoms. The van der Waals surface area contributed by atoms with Gasteiger partial charge >= 0.3 is 5.97 Å². The van der Waals surface area contributed by atoms with Crippen molar-refractivity contribution in [3.63, 3.8) is 0 Å². The molecule has 0 radical (unpaired) electrons. The summed E-state index contributed by atoms with van der Waals surface area (Å²) >= 11 is 6.08. The van der Waals surface area contributed by atoms with Gasteiger partial charge in [0.25, 0.3) is 0 Å². The number of halogens is 1. The van der Waals surface area contributed by atoms with Gasteiger partial charge in [-0.1, -0.05) is 50.1 Å². The molecule has 94 valence electrons. The summed E-state index contributed by atoms with van der Waals surface area (Å²) in [5.74, 6) is -0.0521. The third-order valence-electron chi connectivity index (χ3n) is 2.67. The predicted octanol–water partition coefficient (Wildman–Crippen LogP) is 4.18. The summed E-state index contributed by atoms with van der Waals surface area (Å²) in [6.07, 6.45) is 2.34. The zero-order valence-corrected chi connectivity index (χ0v) is 11.2. The predicted molar refractivity (Wildman–Crippen MR) is 70.4 cm³/mol. The van der Waals surface area contributed by atoms with E-state index in [0.717, 1.165) is 18.4 Å². The molecule has 0 aromatic heterocycles. The summed E-state index contributed by atoms with van der Waals surface area (Å²) in [6, 6.07) is 7.61. The van der Waals surface area contributed by atoms with Crippen LogP contribution in [0.4, 0.5) is 0 Å². The number of benzene rings is 1. The van der Waals surface area contributed by atoms with Crippen LogP contribution in [0.15, 0.2) is 24.3 Å². The molecule has 0 N–H and O–H groups in total. The fourth-order valence-corrected chi connectivity index (χ4v) is 1.95. The van der Waals surface area contributed by atoms with E-state index < -0.39 is 0 Å². The van der Waals surface area contributed by atoms with Crippen molar-refractivity contribution >= 4 is 17.6 Å². The molecule has 1 aromatic carbocycles. The van der Waals surface area contributed by atoms with Crippen LogP contribution in [0, 0.1) is 0 Å². The first-order valence-electron chi connectivity index (χ1n) is 6.05. The van der Waals surface area contributed by atoms with Gasteiger partial charge in [-0.3, -0.25) is 4.79 Å². The van der Waals surface area contributed by atoms with E-state index in [9.17, 15) is 4.79 Å². The van der Waals surface area contributed by atoms with Crippen LogP contribution >= 0.6 is 11.6 Å². The van der Waals surface area contributed by atoms with Gasteiger partial charge in [0.05, 0.1) is 13.0 Å². The highest BCUT2D eigenvalue weighted by Crippen LogP contribution is 2.26. The second-order valence-electron chi connectivity index (χ2n) is 4.20. The quantitative estimate of drug-likeness (QED) is 0.562. The van der Waals surface area contributed by atoms with E-state index in [1.807, 2.05) is 31.2 Å². The van der Waals surface area contributed by atoms with Crippen LogP contribution in [0.25, 0.3) is 0 Å². The highest BCUT2D eigenvalue weighted by molar-refractivity contribution is 6.31. The van der Waals surface area contributed by atoms with Crippen molar-refractivity contribution in [3.8, 4) is 0 Å². The second kappa shape index (κ2) is 7.33. The molecule has 17 heavy (non-hydrogen) atoms. The highest BCUT2D eigenvalue weighted by Gasteiger charge is 2.14. The Hall–Kier alpha value is -1.02. The molecule has 0 fully saturated rings.